The van der Waals surface area contributed by atoms with Gasteiger partial charge in [0, 0.05) is 23.2 Å². The Morgan fingerprint density at radius 3 is 2.29 bits per heavy atom. The topological polar surface area (TPSA) is 108 Å². The third-order valence-electron chi connectivity index (χ3n) is 3.46. The van der Waals surface area contributed by atoms with Gasteiger partial charge in [-0.2, -0.15) is 0 Å². The van der Waals surface area contributed by atoms with E-state index in [4.69, 9.17) is 14.6 Å². The van der Waals surface area contributed by atoms with E-state index in [1.807, 2.05) is 13.8 Å². The first-order valence-electron chi connectivity index (χ1n) is 7.51. The highest BCUT2D eigenvalue weighted by molar-refractivity contribution is 5.86. The second-order valence-corrected chi connectivity index (χ2v) is 6.01. The Bertz CT molecular complexity index is 807. The molecule has 0 atom stereocenters. The highest BCUT2D eigenvalue weighted by Crippen LogP contribution is 2.25. The van der Waals surface area contributed by atoms with Crippen LogP contribution in [0.2, 0.25) is 0 Å². The monoisotopic (exact) mass is 333 g/mol. The average Bonchev–Trinajstić information content (AvgIpc) is 2.44. The summed E-state index contributed by atoms with van der Waals surface area (Å²) in [4.78, 5) is 34.8. The lowest BCUT2D eigenvalue weighted by molar-refractivity contribution is -0.136. The molecule has 0 aliphatic rings. The van der Waals surface area contributed by atoms with Crippen LogP contribution in [0, 0.1) is 5.92 Å². The van der Waals surface area contributed by atoms with Gasteiger partial charge < -0.3 is 19.5 Å². The van der Waals surface area contributed by atoms with Crippen LogP contribution in [-0.2, 0) is 16.0 Å². The van der Waals surface area contributed by atoms with Crippen LogP contribution in [0.4, 0.5) is 5.69 Å². The van der Waals surface area contributed by atoms with E-state index in [2.05, 4.69) is 0 Å². The van der Waals surface area contributed by atoms with Gasteiger partial charge in [0.2, 0.25) is 0 Å². The van der Waals surface area contributed by atoms with E-state index in [0.717, 1.165) is 10.9 Å². The largest absolute Gasteiger partial charge is 0.480 e. The van der Waals surface area contributed by atoms with Gasteiger partial charge >= 0.3 is 17.6 Å². The number of carbonyl (C=O) groups is 2. The van der Waals surface area contributed by atoms with Crippen molar-refractivity contribution >= 4 is 28.6 Å². The highest BCUT2D eigenvalue weighted by Gasteiger charge is 2.16. The molecule has 0 radical (unpaired) electrons. The van der Waals surface area contributed by atoms with Crippen LogP contribution < -0.4 is 10.5 Å². The maximum Gasteiger partial charge on any atom is 0.336 e. The van der Waals surface area contributed by atoms with E-state index in [9.17, 15) is 14.4 Å². The quantitative estimate of drug-likeness (QED) is 0.746. The van der Waals surface area contributed by atoms with E-state index < -0.39 is 30.7 Å². The molecule has 7 nitrogen and oxygen atoms in total. The van der Waals surface area contributed by atoms with Crippen LogP contribution in [0.5, 0.6) is 0 Å². The van der Waals surface area contributed by atoms with E-state index in [1.165, 1.54) is 17.0 Å². The van der Waals surface area contributed by atoms with Gasteiger partial charge in [-0.05, 0) is 30.0 Å². The summed E-state index contributed by atoms with van der Waals surface area (Å²) in [7, 11) is 0. The average molecular weight is 333 g/mol. The molecule has 1 aromatic heterocycles. The van der Waals surface area contributed by atoms with Crippen LogP contribution in [0.1, 0.15) is 19.4 Å². The Morgan fingerprint density at radius 1 is 1.12 bits per heavy atom. The van der Waals surface area contributed by atoms with E-state index in [0.29, 0.717) is 23.6 Å². The predicted molar refractivity (Wildman–Crippen MR) is 88.5 cm³/mol. The molecule has 0 aliphatic heterocycles. The second kappa shape index (κ2) is 7.16. The third-order valence-corrected chi connectivity index (χ3v) is 3.46. The van der Waals surface area contributed by atoms with Crippen molar-refractivity contribution in [2.24, 2.45) is 5.92 Å². The number of carboxylic acids is 2. The van der Waals surface area contributed by atoms with Crippen molar-refractivity contribution in [3.05, 3.63) is 40.2 Å². The zero-order valence-electron chi connectivity index (χ0n) is 13.5. The number of fused-ring (bicyclic) bond motifs is 1. The minimum Gasteiger partial charge on any atom is -0.480 e. The lowest BCUT2D eigenvalue weighted by atomic mass is 10.00. The summed E-state index contributed by atoms with van der Waals surface area (Å²) in [5.74, 6) is -1.94. The molecule has 2 N–H and O–H groups in total. The maximum atomic E-state index is 11.8. The van der Waals surface area contributed by atoms with Gasteiger partial charge in [0.1, 0.15) is 18.7 Å². The third kappa shape index (κ3) is 4.34. The molecule has 0 amide bonds. The van der Waals surface area contributed by atoms with Gasteiger partial charge in [-0.1, -0.05) is 13.8 Å². The molecule has 7 heteroatoms. The first kappa shape index (κ1) is 17.5. The predicted octanol–water partition coefficient (Wildman–Crippen LogP) is 1.97. The van der Waals surface area contributed by atoms with E-state index in [-0.39, 0.29) is 0 Å². The Balaban J connectivity index is 2.51. The van der Waals surface area contributed by atoms with Crippen molar-refractivity contribution in [1.82, 2.24) is 0 Å². The fourth-order valence-corrected chi connectivity index (χ4v) is 2.59. The molecule has 0 aliphatic carbocycles. The van der Waals surface area contributed by atoms with Crippen LogP contribution in [0.3, 0.4) is 0 Å². The van der Waals surface area contributed by atoms with Gasteiger partial charge in [-0.3, -0.25) is 9.59 Å². The lowest BCUT2D eigenvalue weighted by Crippen LogP contribution is -2.34. The van der Waals surface area contributed by atoms with E-state index in [1.54, 1.807) is 12.1 Å². The van der Waals surface area contributed by atoms with Crippen molar-refractivity contribution < 1.29 is 24.2 Å². The maximum absolute atomic E-state index is 11.8. The summed E-state index contributed by atoms with van der Waals surface area (Å²) in [6.45, 7) is 3.15. The molecule has 0 fully saturated rings. The molecule has 0 bridgehead atoms. The number of benzene rings is 1. The van der Waals surface area contributed by atoms with Crippen LogP contribution in [-0.4, -0.2) is 35.2 Å². The molecule has 0 unspecified atom stereocenters. The zero-order chi connectivity index (χ0) is 17.9. The minimum atomic E-state index is -1.15. The fourth-order valence-electron chi connectivity index (χ4n) is 2.59. The lowest BCUT2D eigenvalue weighted by Gasteiger charge is -2.21. The second-order valence-electron chi connectivity index (χ2n) is 6.01. The summed E-state index contributed by atoms with van der Waals surface area (Å²) in [6.07, 6.45) is 0.704. The number of hydrogen-bond acceptors (Lipinski definition) is 5. The fraction of sp³-hybridized carbons (Fsp3) is 0.353. The molecule has 2 aromatic rings. The molecular formula is C17H19NO6. The summed E-state index contributed by atoms with van der Waals surface area (Å²) in [5.41, 5.74) is 1.05. The Hall–Kier alpha value is -2.83. The first-order valence-corrected chi connectivity index (χ1v) is 7.51. The molecule has 1 aromatic carbocycles. The van der Waals surface area contributed by atoms with Crippen molar-refractivity contribution in [3.8, 4) is 0 Å². The van der Waals surface area contributed by atoms with Gasteiger partial charge in [0.25, 0.3) is 0 Å². The number of rotatable bonds is 7. The van der Waals surface area contributed by atoms with Crippen molar-refractivity contribution in [2.45, 2.75) is 20.3 Å². The normalized spacial score (nSPS) is 11.0. The van der Waals surface area contributed by atoms with Crippen LogP contribution >= 0.6 is 0 Å². The first-order chi connectivity index (χ1) is 11.3. The number of anilines is 1. The molecule has 1 heterocycles. The van der Waals surface area contributed by atoms with Crippen LogP contribution in [0.25, 0.3) is 11.0 Å². The smallest absolute Gasteiger partial charge is 0.336 e. The highest BCUT2D eigenvalue weighted by atomic mass is 16.4. The number of aliphatic carboxylic acids is 2. The van der Waals surface area contributed by atoms with Gasteiger partial charge in [-0.15, -0.1) is 0 Å². The van der Waals surface area contributed by atoms with Crippen molar-refractivity contribution in [1.29, 1.82) is 0 Å². The van der Waals surface area contributed by atoms with Gasteiger partial charge in [0.05, 0.1) is 0 Å². The summed E-state index contributed by atoms with van der Waals surface area (Å²) in [5, 5.41) is 18.7. The summed E-state index contributed by atoms with van der Waals surface area (Å²) in [6, 6.07) is 6.32. The molecule has 0 spiro atoms. The molecule has 0 saturated carbocycles. The molecule has 0 saturated heterocycles. The SMILES string of the molecule is CC(C)Cc1cc(=O)oc2cc(N(CC(=O)O)CC(=O)O)ccc12. The standard InChI is InChI=1S/C17H19NO6/c1-10(2)5-11-6-17(23)24-14-7-12(3-4-13(11)14)18(8-15(19)20)9-16(21)22/h3-4,6-7,10H,5,8-9H2,1-2H3,(H,19,20)(H,21,22). The number of carboxylic acid groups (broad SMARTS) is 2. The molecule has 2 rings (SSSR count). The number of hydrogen-bond donors (Lipinski definition) is 2. The molecule has 128 valence electrons. The Labute approximate surface area is 138 Å². The van der Waals surface area contributed by atoms with Crippen molar-refractivity contribution in [2.75, 3.05) is 18.0 Å². The van der Waals surface area contributed by atoms with Crippen molar-refractivity contribution in [3.63, 3.8) is 0 Å². The minimum absolute atomic E-state index is 0.316. The van der Waals surface area contributed by atoms with Gasteiger partial charge in [0.15, 0.2) is 0 Å². The van der Waals surface area contributed by atoms with E-state index >= 15 is 0 Å². The summed E-state index contributed by atoms with van der Waals surface area (Å²) >= 11 is 0. The Kier molecular flexibility index (Phi) is 5.23. The Morgan fingerprint density at radius 2 is 1.75 bits per heavy atom. The number of nitrogens with zero attached hydrogens (tertiary/aromatic N) is 1. The molecule has 24 heavy (non-hydrogen) atoms. The van der Waals surface area contributed by atoms with Crippen LogP contribution in [0.15, 0.2) is 33.5 Å². The molecular weight excluding hydrogens is 314 g/mol. The summed E-state index contributed by atoms with van der Waals surface area (Å²) < 4.78 is 5.21. The van der Waals surface area contributed by atoms with Gasteiger partial charge in [-0.25, -0.2) is 4.79 Å². The zero-order valence-corrected chi connectivity index (χ0v) is 13.5.